The van der Waals surface area contributed by atoms with Gasteiger partial charge >= 0.3 is 0 Å². The van der Waals surface area contributed by atoms with Crippen LogP contribution in [0.5, 0.6) is 5.75 Å². The van der Waals surface area contributed by atoms with E-state index in [1.807, 2.05) is 0 Å². The largest absolute Gasteiger partial charge is 0.490 e. The number of nitrogens with zero attached hydrogens (tertiary/aromatic N) is 2. The van der Waals surface area contributed by atoms with Crippen molar-refractivity contribution in [3.63, 3.8) is 0 Å². The van der Waals surface area contributed by atoms with Gasteiger partial charge in [-0.1, -0.05) is 0 Å². The number of carbonyl (C=O) groups excluding carboxylic acids is 1. The van der Waals surface area contributed by atoms with E-state index in [0.29, 0.717) is 30.3 Å². The van der Waals surface area contributed by atoms with Gasteiger partial charge in [0.25, 0.3) is 5.91 Å². The smallest absolute Gasteiger partial charge is 0.276 e. The number of oxazole rings is 1. The van der Waals surface area contributed by atoms with Gasteiger partial charge in [-0.2, -0.15) is 0 Å². The molecule has 116 valence electrons. The molecule has 0 radical (unpaired) electrons. The lowest BCUT2D eigenvalue weighted by Gasteiger charge is -2.31. The van der Waals surface area contributed by atoms with Crippen LogP contribution in [0.4, 0.5) is 4.39 Å². The minimum atomic E-state index is -0.282. The highest BCUT2D eigenvalue weighted by atomic mass is 19.1. The third-order valence-electron chi connectivity index (χ3n) is 3.79. The van der Waals surface area contributed by atoms with Crippen molar-refractivity contribution in [2.75, 3.05) is 13.1 Å². The Hall–Kier alpha value is -2.37. The quantitative estimate of drug-likeness (QED) is 0.875. The van der Waals surface area contributed by atoms with Crippen molar-refractivity contribution < 1.29 is 18.3 Å². The SMILES string of the molecule is Cc1ocnc1C(=O)N1CCC(Oc2ccc(F)cc2)CC1. The van der Waals surface area contributed by atoms with Crippen molar-refractivity contribution in [2.24, 2.45) is 0 Å². The number of likely N-dealkylation sites (tertiary alicyclic amines) is 1. The predicted octanol–water partition coefficient (Wildman–Crippen LogP) is 2.81. The fourth-order valence-corrected chi connectivity index (χ4v) is 2.54. The van der Waals surface area contributed by atoms with Crippen LogP contribution in [-0.2, 0) is 0 Å². The molecular formula is C16H17FN2O3. The summed E-state index contributed by atoms with van der Waals surface area (Å²) in [5.41, 5.74) is 0.373. The van der Waals surface area contributed by atoms with Crippen LogP contribution in [0, 0.1) is 12.7 Å². The highest BCUT2D eigenvalue weighted by Crippen LogP contribution is 2.20. The van der Waals surface area contributed by atoms with Gasteiger partial charge in [0.1, 0.15) is 23.4 Å². The number of aryl methyl sites for hydroxylation is 1. The topological polar surface area (TPSA) is 55.6 Å². The van der Waals surface area contributed by atoms with Crippen molar-refractivity contribution in [1.29, 1.82) is 0 Å². The molecule has 5 nitrogen and oxygen atoms in total. The van der Waals surface area contributed by atoms with Gasteiger partial charge in [-0.3, -0.25) is 4.79 Å². The zero-order valence-corrected chi connectivity index (χ0v) is 12.3. The van der Waals surface area contributed by atoms with E-state index in [1.54, 1.807) is 24.0 Å². The summed E-state index contributed by atoms with van der Waals surface area (Å²) in [6.45, 7) is 2.94. The van der Waals surface area contributed by atoms with Crippen LogP contribution >= 0.6 is 0 Å². The van der Waals surface area contributed by atoms with Crippen LogP contribution < -0.4 is 4.74 Å². The van der Waals surface area contributed by atoms with Crippen LogP contribution in [0.15, 0.2) is 35.1 Å². The highest BCUT2D eigenvalue weighted by Gasteiger charge is 2.27. The monoisotopic (exact) mass is 304 g/mol. The maximum atomic E-state index is 12.9. The summed E-state index contributed by atoms with van der Waals surface area (Å²) < 4.78 is 23.7. The number of hydrogen-bond acceptors (Lipinski definition) is 4. The normalized spacial score (nSPS) is 15.8. The molecule has 1 aromatic carbocycles. The number of carbonyl (C=O) groups is 1. The second-order valence-electron chi connectivity index (χ2n) is 5.32. The average Bonchev–Trinajstić information content (AvgIpc) is 2.96. The molecule has 0 N–H and O–H groups in total. The molecule has 3 rings (SSSR count). The zero-order chi connectivity index (χ0) is 15.5. The van der Waals surface area contributed by atoms with Gasteiger partial charge in [-0.15, -0.1) is 0 Å². The summed E-state index contributed by atoms with van der Waals surface area (Å²) >= 11 is 0. The third kappa shape index (κ3) is 3.10. The lowest BCUT2D eigenvalue weighted by atomic mass is 10.1. The van der Waals surface area contributed by atoms with E-state index in [9.17, 15) is 9.18 Å². The summed E-state index contributed by atoms with van der Waals surface area (Å²) in [5.74, 6) is 0.801. The van der Waals surface area contributed by atoms with Gasteiger partial charge in [-0.25, -0.2) is 9.37 Å². The van der Waals surface area contributed by atoms with Crippen molar-refractivity contribution >= 4 is 5.91 Å². The lowest BCUT2D eigenvalue weighted by molar-refractivity contribution is 0.0589. The Morgan fingerprint density at radius 3 is 2.59 bits per heavy atom. The predicted molar refractivity (Wildman–Crippen MR) is 77.2 cm³/mol. The standard InChI is InChI=1S/C16H17FN2O3/c1-11-15(18-10-21-11)16(20)19-8-6-14(7-9-19)22-13-4-2-12(17)3-5-13/h2-5,10,14H,6-9H2,1H3. The summed E-state index contributed by atoms with van der Waals surface area (Å²) in [7, 11) is 0. The van der Waals surface area contributed by atoms with Crippen LogP contribution in [-0.4, -0.2) is 35.0 Å². The number of aromatic nitrogens is 1. The Kier molecular flexibility index (Phi) is 4.09. The van der Waals surface area contributed by atoms with E-state index in [0.717, 1.165) is 12.8 Å². The van der Waals surface area contributed by atoms with Crippen LogP contribution in [0.25, 0.3) is 0 Å². The number of amides is 1. The average molecular weight is 304 g/mol. The number of halogens is 1. The van der Waals surface area contributed by atoms with E-state index in [2.05, 4.69) is 4.98 Å². The molecule has 6 heteroatoms. The summed E-state index contributed by atoms with van der Waals surface area (Å²) in [6.07, 6.45) is 2.79. The van der Waals surface area contributed by atoms with E-state index in [4.69, 9.17) is 9.15 Å². The number of rotatable bonds is 3. The fourth-order valence-electron chi connectivity index (χ4n) is 2.54. The Bertz CT molecular complexity index is 646. The minimum absolute atomic E-state index is 0.0351. The Labute approximate surface area is 127 Å². The van der Waals surface area contributed by atoms with Crippen LogP contribution in [0.3, 0.4) is 0 Å². The first-order valence-corrected chi connectivity index (χ1v) is 7.25. The van der Waals surface area contributed by atoms with E-state index < -0.39 is 0 Å². The molecule has 0 spiro atoms. The molecule has 1 fully saturated rings. The fraction of sp³-hybridized carbons (Fsp3) is 0.375. The van der Waals surface area contributed by atoms with E-state index in [-0.39, 0.29) is 17.8 Å². The molecule has 1 aliphatic rings. The van der Waals surface area contributed by atoms with Gasteiger partial charge in [0, 0.05) is 25.9 Å². The minimum Gasteiger partial charge on any atom is -0.490 e. The van der Waals surface area contributed by atoms with Crippen molar-refractivity contribution in [2.45, 2.75) is 25.9 Å². The first-order chi connectivity index (χ1) is 10.6. The van der Waals surface area contributed by atoms with Crippen LogP contribution in [0.2, 0.25) is 0 Å². The third-order valence-corrected chi connectivity index (χ3v) is 3.79. The van der Waals surface area contributed by atoms with Crippen molar-refractivity contribution in [3.8, 4) is 5.75 Å². The van der Waals surface area contributed by atoms with Crippen molar-refractivity contribution in [3.05, 3.63) is 47.9 Å². The molecule has 0 bridgehead atoms. The number of piperidine rings is 1. The van der Waals surface area contributed by atoms with Gasteiger partial charge in [0.05, 0.1) is 0 Å². The molecule has 1 aromatic heterocycles. The molecule has 2 aromatic rings. The van der Waals surface area contributed by atoms with Crippen LogP contribution in [0.1, 0.15) is 29.1 Å². The number of ether oxygens (including phenoxy) is 1. The molecule has 2 heterocycles. The molecule has 1 aliphatic heterocycles. The second-order valence-corrected chi connectivity index (χ2v) is 5.32. The van der Waals surface area contributed by atoms with Gasteiger partial charge in [0.15, 0.2) is 12.1 Å². The molecule has 22 heavy (non-hydrogen) atoms. The summed E-state index contributed by atoms with van der Waals surface area (Å²) in [5, 5.41) is 0. The highest BCUT2D eigenvalue weighted by molar-refractivity contribution is 5.93. The van der Waals surface area contributed by atoms with E-state index in [1.165, 1.54) is 18.5 Å². The second kappa shape index (κ2) is 6.17. The van der Waals surface area contributed by atoms with E-state index >= 15 is 0 Å². The number of hydrogen-bond donors (Lipinski definition) is 0. The molecule has 0 atom stereocenters. The molecule has 0 unspecified atom stereocenters. The number of benzene rings is 1. The molecule has 1 amide bonds. The van der Waals surface area contributed by atoms with Gasteiger partial charge in [0.2, 0.25) is 0 Å². The lowest BCUT2D eigenvalue weighted by Crippen LogP contribution is -2.42. The Balaban J connectivity index is 1.55. The van der Waals surface area contributed by atoms with Gasteiger partial charge < -0.3 is 14.1 Å². The molecular weight excluding hydrogens is 287 g/mol. The molecule has 0 aliphatic carbocycles. The molecule has 1 saturated heterocycles. The summed E-state index contributed by atoms with van der Waals surface area (Å²) in [4.78, 5) is 18.0. The van der Waals surface area contributed by atoms with Crippen molar-refractivity contribution in [1.82, 2.24) is 9.88 Å². The first-order valence-electron chi connectivity index (χ1n) is 7.25. The Morgan fingerprint density at radius 1 is 1.32 bits per heavy atom. The Morgan fingerprint density at radius 2 is 2.00 bits per heavy atom. The van der Waals surface area contributed by atoms with Gasteiger partial charge in [-0.05, 0) is 31.2 Å². The molecule has 0 saturated carbocycles. The maximum Gasteiger partial charge on any atom is 0.276 e. The maximum absolute atomic E-state index is 12.9. The zero-order valence-electron chi connectivity index (χ0n) is 12.3. The first kappa shape index (κ1) is 14.6. The summed E-state index contributed by atoms with van der Waals surface area (Å²) in [6, 6.07) is 5.99.